The van der Waals surface area contributed by atoms with Crippen LogP contribution in [-0.4, -0.2) is 17.2 Å². The van der Waals surface area contributed by atoms with E-state index in [4.69, 9.17) is 23.2 Å². The van der Waals surface area contributed by atoms with Gasteiger partial charge in [-0.25, -0.2) is 4.72 Å². The summed E-state index contributed by atoms with van der Waals surface area (Å²) >= 11 is 12.1. The van der Waals surface area contributed by atoms with Gasteiger partial charge in [0.2, 0.25) is 0 Å². The lowest BCUT2D eigenvalue weighted by molar-refractivity contribution is -0.150. The van der Waals surface area contributed by atoms with Crippen LogP contribution in [0.3, 0.4) is 0 Å². The number of aromatic nitrogens is 1. The van der Waals surface area contributed by atoms with E-state index in [-0.39, 0.29) is 4.90 Å². The molecule has 156 valence electrons. The molecule has 0 saturated heterocycles. The summed E-state index contributed by atoms with van der Waals surface area (Å²) in [6.07, 6.45) is -8.19. The summed E-state index contributed by atoms with van der Waals surface area (Å²) in [7, 11) is 0. The average molecular weight is 473 g/mol. The molecule has 0 spiro atoms. The second kappa shape index (κ2) is 8.29. The molecule has 0 radical (unpaired) electrons. The molecule has 0 aliphatic rings. The number of benzene rings is 2. The van der Waals surface area contributed by atoms with Crippen molar-refractivity contribution >= 4 is 46.1 Å². The van der Waals surface area contributed by atoms with Crippen molar-refractivity contribution in [2.24, 2.45) is 0 Å². The number of halogens is 8. The molecular formula is C18H12Cl2F6N2S. The van der Waals surface area contributed by atoms with Crippen LogP contribution in [0.5, 0.6) is 0 Å². The van der Waals surface area contributed by atoms with Crippen molar-refractivity contribution in [2.75, 3.05) is 0 Å². The quantitative estimate of drug-likeness (QED) is 0.302. The van der Waals surface area contributed by atoms with Gasteiger partial charge < -0.3 is 4.98 Å². The molecule has 2 aromatic carbocycles. The van der Waals surface area contributed by atoms with Crippen molar-refractivity contribution in [1.29, 1.82) is 0 Å². The van der Waals surface area contributed by atoms with Gasteiger partial charge in [0.1, 0.15) is 6.04 Å². The fourth-order valence-corrected chi connectivity index (χ4v) is 4.20. The maximum absolute atomic E-state index is 13.5. The molecule has 0 saturated carbocycles. The minimum absolute atomic E-state index is 0.116. The molecule has 0 bridgehead atoms. The Morgan fingerprint density at radius 2 is 1.62 bits per heavy atom. The van der Waals surface area contributed by atoms with Crippen molar-refractivity contribution in [3.63, 3.8) is 0 Å². The molecule has 1 unspecified atom stereocenters. The second-order valence-corrected chi connectivity index (χ2v) is 7.81. The maximum atomic E-state index is 13.5. The Bertz CT molecular complexity index is 992. The van der Waals surface area contributed by atoms with Gasteiger partial charge in [0.15, 0.2) is 0 Å². The number of fused-ring (bicyclic) bond motifs is 1. The molecule has 3 aromatic rings. The first-order valence-corrected chi connectivity index (χ1v) is 9.64. The van der Waals surface area contributed by atoms with E-state index >= 15 is 0 Å². The summed E-state index contributed by atoms with van der Waals surface area (Å²) in [6, 6.07) is 6.18. The third kappa shape index (κ3) is 5.14. The van der Waals surface area contributed by atoms with Crippen LogP contribution in [0.15, 0.2) is 47.5 Å². The Morgan fingerprint density at radius 1 is 1.00 bits per heavy atom. The first kappa shape index (κ1) is 22.1. The van der Waals surface area contributed by atoms with Crippen molar-refractivity contribution in [3.8, 4) is 0 Å². The van der Waals surface area contributed by atoms with E-state index in [9.17, 15) is 26.3 Å². The molecular weight excluding hydrogens is 461 g/mol. The van der Waals surface area contributed by atoms with Gasteiger partial charge in [-0.1, -0.05) is 41.4 Å². The number of hydrogen-bond donors (Lipinski definition) is 2. The number of nitrogens with one attached hydrogen (secondary N) is 2. The van der Waals surface area contributed by atoms with Crippen molar-refractivity contribution in [1.82, 2.24) is 9.71 Å². The third-order valence-electron chi connectivity index (χ3n) is 4.12. The molecule has 1 aromatic heterocycles. The fourth-order valence-electron chi connectivity index (χ4n) is 2.70. The zero-order valence-electron chi connectivity index (χ0n) is 14.3. The monoisotopic (exact) mass is 472 g/mol. The van der Waals surface area contributed by atoms with Gasteiger partial charge in [0, 0.05) is 17.1 Å². The number of rotatable bonds is 5. The van der Waals surface area contributed by atoms with E-state index in [0.29, 0.717) is 40.5 Å². The van der Waals surface area contributed by atoms with Crippen LogP contribution in [0.4, 0.5) is 26.3 Å². The van der Waals surface area contributed by atoms with Gasteiger partial charge in [-0.05, 0) is 42.1 Å². The molecule has 1 heterocycles. The standard InChI is InChI=1S/C18H12Cl2F6N2S/c19-12-6-10(17(21,22)23)7-13(20)16(12)29-28-15(18(24,25)26)5-9-8-27-14-4-2-1-3-11(9)14/h1-4,6-8,15,27-28H,5H2. The maximum Gasteiger partial charge on any atom is 0.416 e. The summed E-state index contributed by atoms with van der Waals surface area (Å²) in [5.74, 6) is 0. The van der Waals surface area contributed by atoms with Crippen molar-refractivity contribution < 1.29 is 26.3 Å². The lowest BCUT2D eigenvalue weighted by Gasteiger charge is -2.22. The van der Waals surface area contributed by atoms with Gasteiger partial charge in [0.05, 0.1) is 20.5 Å². The van der Waals surface area contributed by atoms with Gasteiger partial charge in [-0.2, -0.15) is 26.3 Å². The molecule has 0 aliphatic carbocycles. The zero-order valence-corrected chi connectivity index (χ0v) is 16.6. The van der Waals surface area contributed by atoms with Crippen molar-refractivity contribution in [3.05, 3.63) is 63.8 Å². The molecule has 2 nitrogen and oxygen atoms in total. The summed E-state index contributed by atoms with van der Waals surface area (Å²) in [5, 5.41) is -0.134. The predicted octanol–water partition coefficient (Wildman–Crippen LogP) is 7.26. The van der Waals surface area contributed by atoms with Gasteiger partial charge >= 0.3 is 12.4 Å². The second-order valence-electron chi connectivity index (χ2n) is 6.14. The Balaban J connectivity index is 1.82. The van der Waals surface area contributed by atoms with Gasteiger partial charge in [0.25, 0.3) is 0 Å². The first-order valence-electron chi connectivity index (χ1n) is 8.07. The number of alkyl halides is 6. The fraction of sp³-hybridized carbons (Fsp3) is 0.222. The Morgan fingerprint density at radius 3 is 2.21 bits per heavy atom. The van der Waals surface area contributed by atoms with Crippen molar-refractivity contribution in [2.45, 2.75) is 29.7 Å². The molecule has 0 aliphatic heterocycles. The van der Waals surface area contributed by atoms with E-state index in [1.54, 1.807) is 24.3 Å². The van der Waals surface area contributed by atoms with E-state index in [0.717, 1.165) is 0 Å². The first-order chi connectivity index (χ1) is 13.5. The van der Waals surface area contributed by atoms with E-state index < -0.39 is 40.4 Å². The molecule has 3 rings (SSSR count). The summed E-state index contributed by atoms with van der Waals surface area (Å²) < 4.78 is 81.2. The predicted molar refractivity (Wildman–Crippen MR) is 102 cm³/mol. The minimum Gasteiger partial charge on any atom is -0.361 e. The van der Waals surface area contributed by atoms with Gasteiger partial charge in [-0.15, -0.1) is 0 Å². The van der Waals surface area contributed by atoms with E-state index in [2.05, 4.69) is 9.71 Å². The van der Waals surface area contributed by atoms with Crippen LogP contribution < -0.4 is 4.72 Å². The number of aromatic amines is 1. The highest BCUT2D eigenvalue weighted by Crippen LogP contribution is 2.40. The average Bonchev–Trinajstić information content (AvgIpc) is 3.01. The Hall–Kier alpha value is -1.55. The number of para-hydroxylation sites is 1. The molecule has 0 fully saturated rings. The third-order valence-corrected chi connectivity index (χ3v) is 5.99. The van der Waals surface area contributed by atoms with Crippen LogP contribution in [0.2, 0.25) is 10.0 Å². The topological polar surface area (TPSA) is 27.8 Å². The van der Waals surface area contributed by atoms with Crippen LogP contribution in [0.1, 0.15) is 11.1 Å². The summed E-state index contributed by atoms with van der Waals surface area (Å²) in [5.41, 5.74) is 0.0635. The molecule has 2 N–H and O–H groups in total. The largest absolute Gasteiger partial charge is 0.416 e. The number of H-pyrrole nitrogens is 1. The van der Waals surface area contributed by atoms with Crippen LogP contribution in [-0.2, 0) is 12.6 Å². The summed E-state index contributed by atoms with van der Waals surface area (Å²) in [6.45, 7) is 0. The molecule has 0 amide bonds. The highest BCUT2D eigenvalue weighted by molar-refractivity contribution is 7.97. The molecule has 11 heteroatoms. The SMILES string of the molecule is FC(F)(F)c1cc(Cl)c(SNC(Cc2c[nH]c3ccccc23)C(F)(F)F)c(Cl)c1. The minimum atomic E-state index is -4.67. The number of hydrogen-bond acceptors (Lipinski definition) is 2. The van der Waals surface area contributed by atoms with E-state index in [1.807, 2.05) is 0 Å². The lowest BCUT2D eigenvalue weighted by atomic mass is 10.1. The lowest BCUT2D eigenvalue weighted by Crippen LogP contribution is -2.40. The Kier molecular flexibility index (Phi) is 6.33. The van der Waals surface area contributed by atoms with E-state index in [1.165, 1.54) is 6.20 Å². The molecule has 29 heavy (non-hydrogen) atoms. The van der Waals surface area contributed by atoms with Crippen LogP contribution >= 0.6 is 35.1 Å². The molecule has 1 atom stereocenters. The normalized spacial score (nSPS) is 13.8. The smallest absolute Gasteiger partial charge is 0.361 e. The van der Waals surface area contributed by atoms with Crippen LogP contribution in [0.25, 0.3) is 10.9 Å². The highest BCUT2D eigenvalue weighted by Gasteiger charge is 2.40. The Labute approximate surface area is 175 Å². The van der Waals surface area contributed by atoms with Crippen LogP contribution in [0, 0.1) is 0 Å². The zero-order chi connectivity index (χ0) is 21.4. The summed E-state index contributed by atoms with van der Waals surface area (Å²) in [4.78, 5) is 2.79. The van der Waals surface area contributed by atoms with Gasteiger partial charge in [-0.3, -0.25) is 0 Å². The highest BCUT2D eigenvalue weighted by atomic mass is 35.5.